The number of sulfonamides is 1. The van der Waals surface area contributed by atoms with Crippen LogP contribution < -0.4 is 15.8 Å². The van der Waals surface area contributed by atoms with Gasteiger partial charge in [0.2, 0.25) is 15.9 Å². The van der Waals surface area contributed by atoms with Crippen LogP contribution in [0.2, 0.25) is 0 Å². The smallest absolute Gasteiger partial charge is 0.241 e. The molecule has 0 bridgehead atoms. The number of hydrogen-bond donors (Lipinski definition) is 5. The molecule has 6 N–H and O–H groups in total. The molecule has 2 aromatic rings. The standard InChI is InChI=1S/C15H21N5O3S/c1-10(9-19-15(16)17)5-8-20-24(22,23)13-4-2-3-12-11(13)6-7-18-14(12)21/h2-4,6-7,10,20H,5,8-9H2,1H3,(H,18,21)(H4,16,17,19). The van der Waals surface area contributed by atoms with E-state index in [9.17, 15) is 13.5 Å². The van der Waals surface area contributed by atoms with Crippen molar-refractivity contribution in [3.63, 3.8) is 0 Å². The average Bonchev–Trinajstić information content (AvgIpc) is 2.52. The Kier molecular flexibility index (Phi) is 5.58. The van der Waals surface area contributed by atoms with Crippen molar-refractivity contribution in [3.8, 4) is 5.88 Å². The third-order valence-corrected chi connectivity index (χ3v) is 5.12. The highest BCUT2D eigenvalue weighted by Gasteiger charge is 2.18. The van der Waals surface area contributed by atoms with Crippen LogP contribution in [0.3, 0.4) is 0 Å². The number of nitrogens with two attached hydrogens (primary N) is 1. The van der Waals surface area contributed by atoms with Crippen molar-refractivity contribution in [3.05, 3.63) is 30.5 Å². The first-order valence-corrected chi connectivity index (χ1v) is 8.94. The van der Waals surface area contributed by atoms with Gasteiger partial charge in [0.25, 0.3) is 0 Å². The van der Waals surface area contributed by atoms with Crippen molar-refractivity contribution in [2.45, 2.75) is 18.2 Å². The van der Waals surface area contributed by atoms with E-state index in [4.69, 9.17) is 11.1 Å². The molecule has 0 fully saturated rings. The summed E-state index contributed by atoms with van der Waals surface area (Å²) >= 11 is 0. The molecular weight excluding hydrogens is 330 g/mol. The summed E-state index contributed by atoms with van der Waals surface area (Å²) < 4.78 is 27.6. The molecule has 0 saturated carbocycles. The zero-order valence-electron chi connectivity index (χ0n) is 13.3. The molecule has 1 unspecified atom stereocenters. The number of benzene rings is 1. The first kappa shape index (κ1) is 18.0. The zero-order valence-corrected chi connectivity index (χ0v) is 14.1. The number of fused-ring (bicyclic) bond motifs is 1. The van der Waals surface area contributed by atoms with E-state index in [0.717, 1.165) is 0 Å². The second-order valence-electron chi connectivity index (χ2n) is 5.57. The highest BCUT2D eigenvalue weighted by atomic mass is 32.2. The van der Waals surface area contributed by atoms with E-state index in [0.29, 0.717) is 23.7 Å². The summed E-state index contributed by atoms with van der Waals surface area (Å²) in [6.45, 7) is 2.70. The molecule has 0 aliphatic carbocycles. The Hall–Kier alpha value is -2.39. The van der Waals surface area contributed by atoms with Gasteiger partial charge in [-0.2, -0.15) is 0 Å². The number of nitrogens with one attached hydrogen (secondary N) is 3. The van der Waals surface area contributed by atoms with Crippen LogP contribution in [-0.4, -0.2) is 37.6 Å². The Morgan fingerprint density at radius 2 is 2.12 bits per heavy atom. The Morgan fingerprint density at radius 3 is 2.83 bits per heavy atom. The fourth-order valence-electron chi connectivity index (χ4n) is 2.30. The van der Waals surface area contributed by atoms with Crippen molar-refractivity contribution in [2.24, 2.45) is 11.7 Å². The molecule has 1 aromatic heterocycles. The lowest BCUT2D eigenvalue weighted by Gasteiger charge is -2.14. The van der Waals surface area contributed by atoms with Gasteiger partial charge >= 0.3 is 0 Å². The second-order valence-corrected chi connectivity index (χ2v) is 7.31. The number of aromatic nitrogens is 1. The van der Waals surface area contributed by atoms with Crippen LogP contribution in [0.5, 0.6) is 5.88 Å². The lowest BCUT2D eigenvalue weighted by Crippen LogP contribution is -2.35. The van der Waals surface area contributed by atoms with Crippen LogP contribution in [0.15, 0.2) is 35.4 Å². The number of rotatable bonds is 7. The molecule has 1 aromatic carbocycles. The van der Waals surface area contributed by atoms with Gasteiger partial charge in [0.1, 0.15) is 0 Å². The summed E-state index contributed by atoms with van der Waals surface area (Å²) in [6, 6.07) is 6.23. The van der Waals surface area contributed by atoms with Crippen LogP contribution in [-0.2, 0) is 10.0 Å². The largest absolute Gasteiger partial charge is 0.493 e. The number of pyridine rings is 1. The molecule has 1 heterocycles. The van der Waals surface area contributed by atoms with Crippen LogP contribution in [0, 0.1) is 11.3 Å². The average molecular weight is 351 g/mol. The quantitative estimate of drug-likeness (QED) is 0.368. The predicted octanol–water partition coefficient (Wildman–Crippen LogP) is 0.728. The van der Waals surface area contributed by atoms with Crippen molar-refractivity contribution >= 4 is 26.8 Å². The Morgan fingerprint density at radius 1 is 1.38 bits per heavy atom. The van der Waals surface area contributed by atoms with Gasteiger partial charge in [-0.15, -0.1) is 0 Å². The van der Waals surface area contributed by atoms with Crippen molar-refractivity contribution < 1.29 is 13.5 Å². The molecule has 1 atom stereocenters. The minimum Gasteiger partial charge on any atom is -0.493 e. The molecule has 0 aliphatic rings. The molecule has 2 rings (SSSR count). The fraction of sp³-hybridized carbons (Fsp3) is 0.333. The minimum absolute atomic E-state index is 0.104. The summed E-state index contributed by atoms with van der Waals surface area (Å²) in [5, 5.41) is 20.4. The van der Waals surface area contributed by atoms with Crippen LogP contribution in [0.25, 0.3) is 10.8 Å². The van der Waals surface area contributed by atoms with E-state index in [1.165, 1.54) is 12.3 Å². The summed E-state index contributed by atoms with van der Waals surface area (Å²) in [7, 11) is -3.71. The molecule has 0 spiro atoms. The highest BCUT2D eigenvalue weighted by molar-refractivity contribution is 7.89. The third kappa shape index (κ3) is 4.33. The number of aromatic hydroxyl groups is 1. The summed E-state index contributed by atoms with van der Waals surface area (Å²) in [4.78, 5) is 3.86. The van der Waals surface area contributed by atoms with Gasteiger partial charge in [-0.05, 0) is 30.5 Å². The van der Waals surface area contributed by atoms with Gasteiger partial charge in [-0.1, -0.05) is 13.0 Å². The monoisotopic (exact) mass is 351 g/mol. The van der Waals surface area contributed by atoms with Gasteiger partial charge in [0.15, 0.2) is 5.96 Å². The van der Waals surface area contributed by atoms with E-state index in [1.54, 1.807) is 18.2 Å². The van der Waals surface area contributed by atoms with Crippen LogP contribution in [0.4, 0.5) is 0 Å². The molecule has 130 valence electrons. The lowest BCUT2D eigenvalue weighted by atomic mass is 10.1. The Labute approximate surface area is 140 Å². The number of guanidine groups is 1. The van der Waals surface area contributed by atoms with Gasteiger partial charge in [0.05, 0.1) is 4.90 Å². The number of nitrogens with zero attached hydrogens (tertiary/aromatic N) is 1. The number of hydrogen-bond acceptors (Lipinski definition) is 5. The second kappa shape index (κ2) is 7.45. The van der Waals surface area contributed by atoms with Gasteiger partial charge < -0.3 is 16.2 Å². The molecule has 0 amide bonds. The molecule has 8 nitrogen and oxygen atoms in total. The van der Waals surface area contributed by atoms with E-state index >= 15 is 0 Å². The molecule has 9 heteroatoms. The lowest BCUT2D eigenvalue weighted by molar-refractivity contribution is 0.460. The third-order valence-electron chi connectivity index (χ3n) is 3.60. The van der Waals surface area contributed by atoms with E-state index in [2.05, 4.69) is 15.0 Å². The minimum atomic E-state index is -3.71. The van der Waals surface area contributed by atoms with Crippen molar-refractivity contribution in [1.29, 1.82) is 5.41 Å². The van der Waals surface area contributed by atoms with Crippen molar-refractivity contribution in [2.75, 3.05) is 13.1 Å². The molecular formula is C15H21N5O3S. The maximum absolute atomic E-state index is 12.5. The van der Waals surface area contributed by atoms with E-state index < -0.39 is 10.0 Å². The van der Waals surface area contributed by atoms with Gasteiger partial charge in [-0.25, -0.2) is 18.1 Å². The van der Waals surface area contributed by atoms with Gasteiger partial charge in [-0.3, -0.25) is 5.41 Å². The predicted molar refractivity (Wildman–Crippen MR) is 92.3 cm³/mol. The Bertz CT molecular complexity index is 838. The maximum Gasteiger partial charge on any atom is 0.241 e. The molecule has 0 aliphatic heterocycles. The summed E-state index contributed by atoms with van der Waals surface area (Å²) in [5.41, 5.74) is 5.21. The maximum atomic E-state index is 12.5. The summed E-state index contributed by atoms with van der Waals surface area (Å²) in [6.07, 6.45) is 1.96. The molecule has 24 heavy (non-hydrogen) atoms. The first-order chi connectivity index (χ1) is 11.3. The fourth-order valence-corrected chi connectivity index (χ4v) is 3.57. The SMILES string of the molecule is CC(CCNS(=O)(=O)c1cccc2c(O)nccc12)CNC(=N)N. The topological polar surface area (TPSA) is 141 Å². The van der Waals surface area contributed by atoms with Crippen molar-refractivity contribution in [1.82, 2.24) is 15.0 Å². The Balaban J connectivity index is 2.09. The van der Waals surface area contributed by atoms with E-state index in [-0.39, 0.29) is 29.2 Å². The zero-order chi connectivity index (χ0) is 17.7. The van der Waals surface area contributed by atoms with Gasteiger partial charge in [0, 0.05) is 30.1 Å². The first-order valence-electron chi connectivity index (χ1n) is 7.45. The normalized spacial score (nSPS) is 12.9. The summed E-state index contributed by atoms with van der Waals surface area (Å²) in [5.74, 6) is -0.155. The van der Waals surface area contributed by atoms with E-state index in [1.807, 2.05) is 6.92 Å². The van der Waals surface area contributed by atoms with Crippen LogP contribution >= 0.6 is 0 Å². The van der Waals surface area contributed by atoms with Crippen LogP contribution in [0.1, 0.15) is 13.3 Å². The highest BCUT2D eigenvalue weighted by Crippen LogP contribution is 2.27. The molecule has 0 saturated heterocycles. The molecule has 0 radical (unpaired) electrons.